The second-order valence-electron chi connectivity index (χ2n) is 4.35. The number of aliphatic hydroxyl groups is 1. The summed E-state index contributed by atoms with van der Waals surface area (Å²) in [6, 6.07) is 7.32. The van der Waals surface area contributed by atoms with Gasteiger partial charge in [-0.05, 0) is 36.8 Å². The van der Waals surface area contributed by atoms with Crippen LogP contribution in [0.15, 0.2) is 46.5 Å². The number of nitrogens with zero attached hydrogens (tertiary/aromatic N) is 1. The van der Waals surface area contributed by atoms with Crippen LogP contribution in [0.25, 0.3) is 0 Å². The summed E-state index contributed by atoms with van der Waals surface area (Å²) in [4.78, 5) is 4.43. The number of hydrogen-bond acceptors (Lipinski definition) is 3. The molecule has 0 saturated carbocycles. The van der Waals surface area contributed by atoms with Crippen molar-refractivity contribution < 1.29 is 18.3 Å². The van der Waals surface area contributed by atoms with Crippen LogP contribution >= 0.6 is 23.4 Å². The molecule has 1 aromatic carbocycles. The van der Waals surface area contributed by atoms with Crippen molar-refractivity contribution >= 4 is 23.4 Å². The van der Waals surface area contributed by atoms with Crippen LogP contribution in [-0.4, -0.2) is 10.1 Å². The minimum atomic E-state index is -4.40. The number of hydrogen-bond donors (Lipinski definition) is 1. The molecular weight excluding hydrogens is 323 g/mol. The molecule has 0 bridgehead atoms. The topological polar surface area (TPSA) is 33.1 Å². The van der Waals surface area contributed by atoms with Crippen molar-refractivity contribution in [2.75, 3.05) is 0 Å². The Labute approximate surface area is 129 Å². The van der Waals surface area contributed by atoms with Crippen LogP contribution < -0.4 is 0 Å². The number of aliphatic hydroxyl groups excluding tert-OH is 1. The van der Waals surface area contributed by atoms with Crippen LogP contribution in [0.5, 0.6) is 0 Å². The van der Waals surface area contributed by atoms with E-state index >= 15 is 0 Å². The van der Waals surface area contributed by atoms with E-state index in [-0.39, 0.29) is 0 Å². The maximum atomic E-state index is 12.4. The Hall–Kier alpha value is -1.24. The van der Waals surface area contributed by atoms with Gasteiger partial charge in [0.2, 0.25) is 0 Å². The van der Waals surface area contributed by atoms with Gasteiger partial charge in [0.05, 0.1) is 16.7 Å². The van der Waals surface area contributed by atoms with Crippen molar-refractivity contribution in [3.05, 3.63) is 52.7 Å². The van der Waals surface area contributed by atoms with E-state index in [1.54, 1.807) is 25.1 Å². The molecule has 1 unspecified atom stereocenters. The summed E-state index contributed by atoms with van der Waals surface area (Å²) < 4.78 is 37.3. The molecule has 1 heterocycles. The van der Waals surface area contributed by atoms with Crippen molar-refractivity contribution in [1.82, 2.24) is 4.98 Å². The molecule has 0 amide bonds. The maximum Gasteiger partial charge on any atom is 0.417 e. The van der Waals surface area contributed by atoms with Gasteiger partial charge in [-0.3, -0.25) is 0 Å². The van der Waals surface area contributed by atoms with Gasteiger partial charge in [0.15, 0.2) is 0 Å². The molecule has 0 aliphatic heterocycles. The number of benzene rings is 1. The summed E-state index contributed by atoms with van der Waals surface area (Å²) in [6.07, 6.45) is -4.24. The lowest BCUT2D eigenvalue weighted by Crippen LogP contribution is -2.05. The first kappa shape index (κ1) is 16.1. The standard InChI is InChI=1S/C14H11ClF3NOS/c1-8(20)9-2-4-12(11(15)6-9)21-13-5-3-10(7-19-13)14(16,17)18/h2-8,20H,1H3. The quantitative estimate of drug-likeness (QED) is 0.862. The van der Waals surface area contributed by atoms with E-state index in [9.17, 15) is 18.3 Å². The fraction of sp³-hybridized carbons (Fsp3) is 0.214. The summed E-state index contributed by atoms with van der Waals surface area (Å²) in [5.74, 6) is 0. The number of halogens is 4. The van der Waals surface area contributed by atoms with Crippen LogP contribution in [-0.2, 0) is 6.18 Å². The fourth-order valence-electron chi connectivity index (χ4n) is 1.58. The molecule has 0 fully saturated rings. The third kappa shape index (κ3) is 4.12. The van der Waals surface area contributed by atoms with Gasteiger partial charge in [0, 0.05) is 11.1 Å². The number of pyridine rings is 1. The molecular formula is C14H11ClF3NOS. The van der Waals surface area contributed by atoms with Crippen molar-refractivity contribution in [3.8, 4) is 0 Å². The predicted octanol–water partition coefficient (Wildman–Crippen LogP) is 4.96. The molecule has 112 valence electrons. The van der Waals surface area contributed by atoms with Crippen molar-refractivity contribution in [3.63, 3.8) is 0 Å². The SMILES string of the molecule is CC(O)c1ccc(Sc2ccc(C(F)(F)F)cn2)c(Cl)c1. The summed E-state index contributed by atoms with van der Waals surface area (Å²) in [7, 11) is 0. The molecule has 1 N–H and O–H groups in total. The lowest BCUT2D eigenvalue weighted by atomic mass is 10.1. The molecule has 0 spiro atoms. The van der Waals surface area contributed by atoms with Gasteiger partial charge in [-0.25, -0.2) is 4.98 Å². The van der Waals surface area contributed by atoms with Crippen LogP contribution in [0.2, 0.25) is 5.02 Å². The van der Waals surface area contributed by atoms with E-state index in [4.69, 9.17) is 11.6 Å². The van der Waals surface area contributed by atoms with E-state index in [2.05, 4.69) is 4.98 Å². The van der Waals surface area contributed by atoms with Gasteiger partial charge in [0.25, 0.3) is 0 Å². The molecule has 0 radical (unpaired) electrons. The van der Waals surface area contributed by atoms with E-state index < -0.39 is 17.8 Å². The maximum absolute atomic E-state index is 12.4. The molecule has 0 aliphatic carbocycles. The Bertz CT molecular complexity index is 629. The minimum absolute atomic E-state index is 0.412. The van der Waals surface area contributed by atoms with Crippen LogP contribution in [0.3, 0.4) is 0 Å². The average molecular weight is 334 g/mol. The monoisotopic (exact) mass is 333 g/mol. The Morgan fingerprint density at radius 2 is 1.95 bits per heavy atom. The lowest BCUT2D eigenvalue weighted by Gasteiger charge is -2.09. The molecule has 2 aromatic rings. The van der Waals surface area contributed by atoms with Gasteiger partial charge in [-0.15, -0.1) is 0 Å². The highest BCUT2D eigenvalue weighted by atomic mass is 35.5. The lowest BCUT2D eigenvalue weighted by molar-refractivity contribution is -0.137. The molecule has 1 aromatic heterocycles. The smallest absolute Gasteiger partial charge is 0.389 e. The Morgan fingerprint density at radius 3 is 2.43 bits per heavy atom. The summed E-state index contributed by atoms with van der Waals surface area (Å²) >= 11 is 7.25. The Morgan fingerprint density at radius 1 is 1.24 bits per heavy atom. The second-order valence-corrected chi connectivity index (χ2v) is 5.82. The van der Waals surface area contributed by atoms with Crippen molar-refractivity contribution in [2.45, 2.75) is 29.1 Å². The zero-order valence-corrected chi connectivity index (χ0v) is 12.4. The first-order valence-electron chi connectivity index (χ1n) is 5.96. The van der Waals surface area contributed by atoms with E-state index in [0.717, 1.165) is 24.0 Å². The van der Waals surface area contributed by atoms with Gasteiger partial charge in [-0.1, -0.05) is 29.4 Å². The second kappa shape index (κ2) is 6.25. The molecule has 21 heavy (non-hydrogen) atoms. The van der Waals surface area contributed by atoms with E-state index in [1.165, 1.54) is 6.07 Å². The third-order valence-corrected chi connectivity index (χ3v) is 4.17. The first-order valence-corrected chi connectivity index (χ1v) is 7.15. The summed E-state index contributed by atoms with van der Waals surface area (Å²) in [5, 5.41) is 10.3. The highest BCUT2D eigenvalue weighted by Gasteiger charge is 2.30. The van der Waals surface area contributed by atoms with Gasteiger partial charge < -0.3 is 5.11 Å². The number of rotatable bonds is 3. The molecule has 7 heteroatoms. The normalized spacial score (nSPS) is 13.2. The molecule has 0 aliphatic rings. The highest BCUT2D eigenvalue weighted by molar-refractivity contribution is 7.99. The van der Waals surface area contributed by atoms with Crippen LogP contribution in [0, 0.1) is 0 Å². The third-order valence-electron chi connectivity index (χ3n) is 2.72. The zero-order chi connectivity index (χ0) is 15.6. The highest BCUT2D eigenvalue weighted by Crippen LogP contribution is 2.35. The van der Waals surface area contributed by atoms with E-state index in [0.29, 0.717) is 20.5 Å². The van der Waals surface area contributed by atoms with Crippen molar-refractivity contribution in [1.29, 1.82) is 0 Å². The molecule has 2 nitrogen and oxygen atoms in total. The van der Waals surface area contributed by atoms with Gasteiger partial charge >= 0.3 is 6.18 Å². The van der Waals surface area contributed by atoms with Crippen molar-refractivity contribution in [2.24, 2.45) is 0 Å². The summed E-state index contributed by atoms with van der Waals surface area (Å²) in [6.45, 7) is 1.62. The molecule has 2 rings (SSSR count). The van der Waals surface area contributed by atoms with E-state index in [1.807, 2.05) is 0 Å². The fourth-order valence-corrected chi connectivity index (χ4v) is 2.64. The van der Waals surface area contributed by atoms with Gasteiger partial charge in [-0.2, -0.15) is 13.2 Å². The van der Waals surface area contributed by atoms with Crippen LogP contribution in [0.1, 0.15) is 24.2 Å². The molecule has 1 atom stereocenters. The minimum Gasteiger partial charge on any atom is -0.389 e. The largest absolute Gasteiger partial charge is 0.417 e. The first-order chi connectivity index (χ1) is 9.77. The Balaban J connectivity index is 2.19. The van der Waals surface area contributed by atoms with Gasteiger partial charge in [0.1, 0.15) is 5.03 Å². The van der Waals surface area contributed by atoms with Crippen LogP contribution in [0.4, 0.5) is 13.2 Å². The number of aromatic nitrogens is 1. The predicted molar refractivity (Wildman–Crippen MR) is 75.4 cm³/mol. The zero-order valence-electron chi connectivity index (χ0n) is 10.9. The summed E-state index contributed by atoms with van der Waals surface area (Å²) in [5.41, 5.74) is -0.118. The Kier molecular flexibility index (Phi) is 4.81. The number of alkyl halides is 3. The molecule has 0 saturated heterocycles. The average Bonchev–Trinajstić information content (AvgIpc) is 2.40.